The number of carbonyl (C=O) groups is 2. The Morgan fingerprint density at radius 3 is 3.06 bits per heavy atom. The number of hydrogen-bond acceptors (Lipinski definition) is 5. The van der Waals surface area contributed by atoms with E-state index in [2.05, 4.69) is 15.4 Å². The number of methoxy groups -OCH3 is 1. The standard InChI is InChI=1S/C11H14N2O3S/c1-16-11(15)8-5-7(6-12-8)13-10(14)9-3-2-4-17-9/h2-4,7-8,12H,5-6H2,1H3,(H,13,14)/t7-,8+/m1/s1. The Morgan fingerprint density at radius 2 is 2.41 bits per heavy atom. The van der Waals surface area contributed by atoms with Gasteiger partial charge in [-0.05, 0) is 17.9 Å². The number of carbonyl (C=O) groups excluding carboxylic acids is 2. The van der Waals surface area contributed by atoms with Gasteiger partial charge in [-0.1, -0.05) is 6.07 Å². The Labute approximate surface area is 103 Å². The molecule has 0 spiro atoms. The molecule has 1 amide bonds. The highest BCUT2D eigenvalue weighted by Gasteiger charge is 2.31. The van der Waals surface area contributed by atoms with Crippen molar-refractivity contribution in [2.75, 3.05) is 13.7 Å². The molecule has 2 atom stereocenters. The topological polar surface area (TPSA) is 67.4 Å². The van der Waals surface area contributed by atoms with Gasteiger partial charge in [0.25, 0.3) is 5.91 Å². The minimum atomic E-state index is -0.311. The molecule has 92 valence electrons. The zero-order valence-electron chi connectivity index (χ0n) is 9.43. The Morgan fingerprint density at radius 1 is 1.59 bits per heavy atom. The summed E-state index contributed by atoms with van der Waals surface area (Å²) in [6, 6.07) is 3.28. The first-order chi connectivity index (χ1) is 8.20. The highest BCUT2D eigenvalue weighted by molar-refractivity contribution is 7.12. The molecule has 1 aromatic rings. The van der Waals surface area contributed by atoms with Gasteiger partial charge in [0.15, 0.2) is 0 Å². The summed E-state index contributed by atoms with van der Waals surface area (Å²) >= 11 is 1.40. The minimum Gasteiger partial charge on any atom is -0.468 e. The van der Waals surface area contributed by atoms with Crippen molar-refractivity contribution in [3.8, 4) is 0 Å². The molecule has 1 saturated heterocycles. The van der Waals surface area contributed by atoms with Gasteiger partial charge in [0.1, 0.15) is 6.04 Å². The SMILES string of the molecule is COC(=O)[C@@H]1C[C@@H](NC(=O)c2cccs2)CN1. The number of amides is 1. The molecule has 1 aliphatic rings. The van der Waals surface area contributed by atoms with Crippen LogP contribution in [-0.2, 0) is 9.53 Å². The van der Waals surface area contributed by atoms with Gasteiger partial charge in [-0.2, -0.15) is 0 Å². The van der Waals surface area contributed by atoms with E-state index in [9.17, 15) is 9.59 Å². The van der Waals surface area contributed by atoms with Gasteiger partial charge in [0.2, 0.25) is 0 Å². The van der Waals surface area contributed by atoms with Crippen molar-refractivity contribution in [2.45, 2.75) is 18.5 Å². The Bertz CT molecular complexity index is 405. The summed E-state index contributed by atoms with van der Waals surface area (Å²) in [5, 5.41) is 7.77. The molecule has 2 heterocycles. The van der Waals surface area contributed by atoms with Crippen LogP contribution in [0.15, 0.2) is 17.5 Å². The monoisotopic (exact) mass is 254 g/mol. The van der Waals surface area contributed by atoms with Gasteiger partial charge < -0.3 is 15.4 Å². The molecule has 2 rings (SSSR count). The number of ether oxygens (including phenoxy) is 1. The third kappa shape index (κ3) is 2.83. The summed E-state index contributed by atoms with van der Waals surface area (Å²) in [7, 11) is 1.36. The van der Waals surface area contributed by atoms with Crippen molar-refractivity contribution >= 4 is 23.2 Å². The molecule has 0 aliphatic carbocycles. The largest absolute Gasteiger partial charge is 0.468 e. The second-order valence-electron chi connectivity index (χ2n) is 3.87. The van der Waals surface area contributed by atoms with E-state index >= 15 is 0 Å². The summed E-state index contributed by atoms with van der Waals surface area (Å²) in [5.41, 5.74) is 0. The van der Waals surface area contributed by atoms with Crippen LogP contribution in [0.4, 0.5) is 0 Å². The third-order valence-electron chi connectivity index (χ3n) is 2.70. The van der Waals surface area contributed by atoms with Crippen LogP contribution in [0.2, 0.25) is 0 Å². The van der Waals surface area contributed by atoms with E-state index < -0.39 is 0 Å². The van der Waals surface area contributed by atoms with Crippen molar-refractivity contribution in [3.63, 3.8) is 0 Å². The molecule has 2 N–H and O–H groups in total. The quantitative estimate of drug-likeness (QED) is 0.765. The first-order valence-corrected chi connectivity index (χ1v) is 6.24. The Balaban J connectivity index is 1.86. The highest BCUT2D eigenvalue weighted by atomic mass is 32.1. The average molecular weight is 254 g/mol. The first kappa shape index (κ1) is 12.1. The van der Waals surface area contributed by atoms with Gasteiger partial charge in [-0.15, -0.1) is 11.3 Å². The van der Waals surface area contributed by atoms with Crippen LogP contribution in [0.25, 0.3) is 0 Å². The highest BCUT2D eigenvalue weighted by Crippen LogP contribution is 2.12. The summed E-state index contributed by atoms with van der Waals surface area (Å²) in [5.74, 6) is -0.366. The molecule has 1 fully saturated rings. The molecule has 0 radical (unpaired) electrons. The molecule has 0 aromatic carbocycles. The van der Waals surface area contributed by atoms with Gasteiger partial charge in [0.05, 0.1) is 12.0 Å². The van der Waals surface area contributed by atoms with Crippen LogP contribution in [-0.4, -0.2) is 37.6 Å². The van der Waals surface area contributed by atoms with Crippen molar-refractivity contribution in [1.82, 2.24) is 10.6 Å². The van der Waals surface area contributed by atoms with E-state index in [0.29, 0.717) is 17.8 Å². The maximum atomic E-state index is 11.8. The molecule has 5 nitrogen and oxygen atoms in total. The first-order valence-electron chi connectivity index (χ1n) is 5.36. The number of hydrogen-bond donors (Lipinski definition) is 2. The second-order valence-corrected chi connectivity index (χ2v) is 4.82. The summed E-state index contributed by atoms with van der Waals surface area (Å²) in [4.78, 5) is 23.7. The maximum absolute atomic E-state index is 11.8. The van der Waals surface area contributed by atoms with Crippen molar-refractivity contribution in [2.24, 2.45) is 0 Å². The summed E-state index contributed by atoms with van der Waals surface area (Å²) in [6.07, 6.45) is 0.573. The van der Waals surface area contributed by atoms with Crippen LogP contribution in [0.5, 0.6) is 0 Å². The van der Waals surface area contributed by atoms with Crippen molar-refractivity contribution in [3.05, 3.63) is 22.4 Å². The molecular formula is C11H14N2O3S. The molecule has 1 aromatic heterocycles. The number of esters is 1. The van der Waals surface area contributed by atoms with Crippen molar-refractivity contribution in [1.29, 1.82) is 0 Å². The average Bonchev–Trinajstić information content (AvgIpc) is 2.98. The van der Waals surface area contributed by atoms with Crippen LogP contribution in [0.3, 0.4) is 0 Å². The van der Waals surface area contributed by atoms with E-state index in [1.165, 1.54) is 18.4 Å². The van der Waals surface area contributed by atoms with E-state index in [1.807, 2.05) is 11.4 Å². The van der Waals surface area contributed by atoms with Crippen molar-refractivity contribution < 1.29 is 14.3 Å². The van der Waals surface area contributed by atoms with Gasteiger partial charge >= 0.3 is 5.97 Å². The fourth-order valence-electron chi connectivity index (χ4n) is 1.83. The fourth-order valence-corrected chi connectivity index (χ4v) is 2.46. The lowest BCUT2D eigenvalue weighted by atomic mass is 10.1. The number of nitrogens with one attached hydrogen (secondary N) is 2. The normalized spacial score (nSPS) is 23.4. The van der Waals surface area contributed by atoms with Crippen LogP contribution in [0, 0.1) is 0 Å². The molecule has 1 aliphatic heterocycles. The lowest BCUT2D eigenvalue weighted by Gasteiger charge is -2.10. The zero-order valence-corrected chi connectivity index (χ0v) is 10.3. The number of thiophene rings is 1. The molecule has 0 unspecified atom stereocenters. The predicted octanol–water partition coefficient (Wildman–Crippen LogP) is 0.381. The molecular weight excluding hydrogens is 240 g/mol. The predicted molar refractivity (Wildman–Crippen MR) is 64.0 cm³/mol. The maximum Gasteiger partial charge on any atom is 0.322 e. The Kier molecular flexibility index (Phi) is 3.75. The van der Waals surface area contributed by atoms with E-state index in [-0.39, 0.29) is 24.0 Å². The minimum absolute atomic E-state index is 0.0197. The van der Waals surface area contributed by atoms with Gasteiger partial charge in [-0.3, -0.25) is 9.59 Å². The molecule has 0 saturated carbocycles. The number of rotatable bonds is 3. The fraction of sp³-hybridized carbons (Fsp3) is 0.455. The smallest absolute Gasteiger partial charge is 0.322 e. The Hall–Kier alpha value is -1.40. The zero-order chi connectivity index (χ0) is 12.3. The van der Waals surface area contributed by atoms with E-state index in [0.717, 1.165) is 0 Å². The summed E-state index contributed by atoms with van der Waals surface area (Å²) < 4.78 is 4.65. The summed E-state index contributed by atoms with van der Waals surface area (Å²) in [6.45, 7) is 0.594. The van der Waals surface area contributed by atoms with E-state index in [1.54, 1.807) is 6.07 Å². The lowest BCUT2D eigenvalue weighted by Crippen LogP contribution is -2.35. The molecule has 17 heavy (non-hydrogen) atoms. The van der Waals surface area contributed by atoms with Gasteiger partial charge in [0, 0.05) is 12.6 Å². The molecule has 6 heteroatoms. The van der Waals surface area contributed by atoms with Crippen LogP contribution >= 0.6 is 11.3 Å². The third-order valence-corrected chi connectivity index (χ3v) is 3.57. The lowest BCUT2D eigenvalue weighted by molar-refractivity contribution is -0.142. The van der Waals surface area contributed by atoms with Crippen LogP contribution in [0.1, 0.15) is 16.1 Å². The second kappa shape index (κ2) is 5.29. The van der Waals surface area contributed by atoms with Gasteiger partial charge in [-0.25, -0.2) is 0 Å². The molecule has 0 bridgehead atoms. The van der Waals surface area contributed by atoms with E-state index in [4.69, 9.17) is 0 Å². The van der Waals surface area contributed by atoms with Crippen LogP contribution < -0.4 is 10.6 Å².